The molecule has 2 aromatic carbocycles. The van der Waals surface area contributed by atoms with Gasteiger partial charge < -0.3 is 10.4 Å². The number of hydrogen-bond acceptors (Lipinski definition) is 2. The van der Waals surface area contributed by atoms with E-state index in [1.54, 1.807) is 19.1 Å². The molecule has 4 heteroatoms. The van der Waals surface area contributed by atoms with Gasteiger partial charge in [-0.05, 0) is 49.3 Å². The van der Waals surface area contributed by atoms with Crippen LogP contribution in [0.3, 0.4) is 0 Å². The quantitative estimate of drug-likeness (QED) is 0.855. The Kier molecular flexibility index (Phi) is 4.29. The van der Waals surface area contributed by atoms with Crippen LogP contribution < -0.4 is 5.32 Å². The van der Waals surface area contributed by atoms with Crippen LogP contribution in [0.15, 0.2) is 54.6 Å². The highest BCUT2D eigenvalue weighted by Gasteiger charge is 2.60. The topological polar surface area (TPSA) is 66.4 Å². The number of hydrogen-bond donors (Lipinski definition) is 2. The van der Waals surface area contributed by atoms with Crippen molar-refractivity contribution in [3.05, 3.63) is 71.3 Å². The minimum Gasteiger partial charge on any atom is -0.481 e. The second kappa shape index (κ2) is 6.52. The Balaban J connectivity index is 1.49. The fraction of sp³-hybridized carbons (Fsp3) is 0.391. The van der Waals surface area contributed by atoms with Crippen molar-refractivity contribution in [3.8, 4) is 0 Å². The summed E-state index contributed by atoms with van der Waals surface area (Å²) in [6.07, 6.45) is 4.09. The number of carboxylic acid groups (broad SMARTS) is 1. The van der Waals surface area contributed by atoms with E-state index in [0.717, 1.165) is 25.7 Å². The lowest BCUT2D eigenvalue weighted by Gasteiger charge is -2.28. The van der Waals surface area contributed by atoms with Gasteiger partial charge in [-0.3, -0.25) is 9.59 Å². The first-order chi connectivity index (χ1) is 13.0. The molecule has 0 bridgehead atoms. The van der Waals surface area contributed by atoms with Crippen molar-refractivity contribution >= 4 is 11.9 Å². The zero-order valence-corrected chi connectivity index (χ0v) is 15.6. The van der Waals surface area contributed by atoms with Crippen LogP contribution in [-0.4, -0.2) is 23.5 Å². The molecule has 0 heterocycles. The van der Waals surface area contributed by atoms with Crippen LogP contribution >= 0.6 is 0 Å². The van der Waals surface area contributed by atoms with Gasteiger partial charge in [-0.1, -0.05) is 54.6 Å². The molecule has 2 N–H and O–H groups in total. The van der Waals surface area contributed by atoms with E-state index in [4.69, 9.17) is 0 Å². The Morgan fingerprint density at radius 1 is 1.15 bits per heavy atom. The average molecular weight is 363 g/mol. The van der Waals surface area contributed by atoms with Crippen molar-refractivity contribution in [2.24, 2.45) is 5.92 Å². The zero-order chi connectivity index (χ0) is 19.1. The van der Waals surface area contributed by atoms with E-state index < -0.39 is 11.4 Å². The molecule has 4 nitrogen and oxygen atoms in total. The van der Waals surface area contributed by atoms with Gasteiger partial charge in [-0.25, -0.2) is 0 Å². The number of carbonyl (C=O) groups is 2. The Hall–Kier alpha value is -2.62. The van der Waals surface area contributed by atoms with Crippen LogP contribution in [0, 0.1) is 5.92 Å². The standard InChI is InChI=1S/C23H25NO3/c1-22(21(26)27,17-10-3-2-4-11-17)15-24-20(25)19-14-23(19)13-7-9-16-8-5-6-12-18(16)23/h2-6,8,10-12,19H,7,9,13-15H2,1H3,(H,24,25)(H,26,27). The number of nitrogens with one attached hydrogen (secondary N) is 1. The molecule has 0 aliphatic heterocycles. The van der Waals surface area contributed by atoms with Crippen LogP contribution in [0.4, 0.5) is 0 Å². The third-order valence-corrected chi connectivity index (χ3v) is 6.51. The van der Waals surface area contributed by atoms with Gasteiger partial charge in [0.1, 0.15) is 5.41 Å². The summed E-state index contributed by atoms with van der Waals surface area (Å²) >= 11 is 0. The highest BCUT2D eigenvalue weighted by Crippen LogP contribution is 2.60. The Morgan fingerprint density at radius 3 is 2.59 bits per heavy atom. The first-order valence-corrected chi connectivity index (χ1v) is 9.62. The smallest absolute Gasteiger partial charge is 0.315 e. The van der Waals surface area contributed by atoms with Crippen molar-refractivity contribution in [1.82, 2.24) is 5.32 Å². The van der Waals surface area contributed by atoms with Gasteiger partial charge in [-0.15, -0.1) is 0 Å². The van der Waals surface area contributed by atoms with Crippen molar-refractivity contribution < 1.29 is 14.7 Å². The van der Waals surface area contributed by atoms with E-state index in [0.29, 0.717) is 5.56 Å². The number of rotatable bonds is 5. The first-order valence-electron chi connectivity index (χ1n) is 9.62. The largest absolute Gasteiger partial charge is 0.481 e. The SMILES string of the molecule is CC(CNC(=O)C1CC12CCCc1ccccc12)(C(=O)O)c1ccccc1. The fourth-order valence-corrected chi connectivity index (χ4v) is 4.67. The third kappa shape index (κ3) is 2.93. The van der Waals surface area contributed by atoms with Gasteiger partial charge in [-0.2, -0.15) is 0 Å². The third-order valence-electron chi connectivity index (χ3n) is 6.51. The number of aliphatic carboxylic acids is 1. The summed E-state index contributed by atoms with van der Waals surface area (Å²) in [5.74, 6) is -0.995. The molecule has 140 valence electrons. The maximum Gasteiger partial charge on any atom is 0.315 e. The van der Waals surface area contributed by atoms with Crippen molar-refractivity contribution in [2.75, 3.05) is 6.54 Å². The highest BCUT2D eigenvalue weighted by atomic mass is 16.4. The van der Waals surface area contributed by atoms with E-state index in [1.807, 2.05) is 18.2 Å². The van der Waals surface area contributed by atoms with Gasteiger partial charge in [0.2, 0.25) is 5.91 Å². The summed E-state index contributed by atoms with van der Waals surface area (Å²) in [5, 5.41) is 12.7. The second-order valence-corrected chi connectivity index (χ2v) is 8.14. The normalized spacial score (nSPS) is 25.3. The van der Waals surface area contributed by atoms with Gasteiger partial charge in [0.15, 0.2) is 0 Å². The van der Waals surface area contributed by atoms with Gasteiger partial charge >= 0.3 is 5.97 Å². The zero-order valence-electron chi connectivity index (χ0n) is 15.6. The van der Waals surface area contributed by atoms with Gasteiger partial charge in [0, 0.05) is 17.9 Å². The number of carboxylic acids is 1. The summed E-state index contributed by atoms with van der Waals surface area (Å²) in [6, 6.07) is 17.6. The maximum atomic E-state index is 12.9. The van der Waals surface area contributed by atoms with E-state index >= 15 is 0 Å². The lowest BCUT2D eigenvalue weighted by atomic mass is 9.78. The molecule has 27 heavy (non-hydrogen) atoms. The Morgan fingerprint density at radius 2 is 1.85 bits per heavy atom. The monoisotopic (exact) mass is 363 g/mol. The number of aryl methyl sites for hydroxylation is 1. The molecule has 1 fully saturated rings. The van der Waals surface area contributed by atoms with Gasteiger partial charge in [0.05, 0.1) is 0 Å². The summed E-state index contributed by atoms with van der Waals surface area (Å²) < 4.78 is 0. The average Bonchev–Trinajstić information content (AvgIpc) is 3.41. The molecular formula is C23H25NO3. The van der Waals surface area contributed by atoms with Crippen LogP contribution in [0.5, 0.6) is 0 Å². The minimum atomic E-state index is -1.14. The van der Waals surface area contributed by atoms with E-state index in [1.165, 1.54) is 11.1 Å². The predicted octanol–water partition coefficient (Wildman–Crippen LogP) is 3.44. The van der Waals surface area contributed by atoms with Crippen LogP contribution in [0.1, 0.15) is 42.9 Å². The summed E-state index contributed by atoms with van der Waals surface area (Å²) in [4.78, 5) is 24.8. The molecule has 1 spiro atoms. The molecule has 0 radical (unpaired) electrons. The summed E-state index contributed by atoms with van der Waals surface area (Å²) in [6.45, 7) is 1.77. The molecule has 1 saturated carbocycles. The maximum absolute atomic E-state index is 12.9. The van der Waals surface area contributed by atoms with E-state index in [2.05, 4.69) is 29.6 Å². The summed E-state index contributed by atoms with van der Waals surface area (Å²) in [5.41, 5.74) is 2.21. The lowest BCUT2D eigenvalue weighted by molar-refractivity contribution is -0.143. The van der Waals surface area contributed by atoms with E-state index in [-0.39, 0.29) is 23.8 Å². The minimum absolute atomic E-state index is 0.0184. The number of fused-ring (bicyclic) bond motifs is 2. The molecule has 4 rings (SSSR count). The molecular weight excluding hydrogens is 338 g/mol. The summed E-state index contributed by atoms with van der Waals surface area (Å²) in [7, 11) is 0. The fourth-order valence-electron chi connectivity index (χ4n) is 4.67. The molecule has 1 amide bonds. The lowest BCUT2D eigenvalue weighted by Crippen LogP contribution is -2.45. The molecule has 2 aromatic rings. The molecule has 2 aliphatic rings. The number of amides is 1. The van der Waals surface area contributed by atoms with Crippen molar-refractivity contribution in [3.63, 3.8) is 0 Å². The second-order valence-electron chi connectivity index (χ2n) is 8.14. The Bertz CT molecular complexity index is 878. The Labute approximate surface area is 159 Å². The molecule has 0 saturated heterocycles. The van der Waals surface area contributed by atoms with Crippen LogP contribution in [0.2, 0.25) is 0 Å². The highest BCUT2D eigenvalue weighted by molar-refractivity contribution is 5.87. The van der Waals surface area contributed by atoms with E-state index in [9.17, 15) is 14.7 Å². The van der Waals surface area contributed by atoms with Crippen molar-refractivity contribution in [1.29, 1.82) is 0 Å². The number of benzene rings is 2. The molecule has 0 aromatic heterocycles. The van der Waals surface area contributed by atoms with Crippen LogP contribution in [-0.2, 0) is 26.8 Å². The number of carbonyl (C=O) groups excluding carboxylic acids is 1. The molecule has 3 unspecified atom stereocenters. The molecule has 3 atom stereocenters. The van der Waals surface area contributed by atoms with Crippen LogP contribution in [0.25, 0.3) is 0 Å². The van der Waals surface area contributed by atoms with Gasteiger partial charge in [0.25, 0.3) is 0 Å². The molecule has 2 aliphatic carbocycles. The first kappa shape index (κ1) is 17.8. The predicted molar refractivity (Wildman–Crippen MR) is 104 cm³/mol. The van der Waals surface area contributed by atoms with Crippen molar-refractivity contribution in [2.45, 2.75) is 43.4 Å².